The summed E-state index contributed by atoms with van der Waals surface area (Å²) in [5.74, 6) is -1.22. The monoisotopic (exact) mass is 326 g/mol. The summed E-state index contributed by atoms with van der Waals surface area (Å²) < 4.78 is 1.62. The number of nitrogens with zero attached hydrogens (tertiary/aromatic N) is 2. The zero-order valence-corrected chi connectivity index (χ0v) is 14.0. The minimum absolute atomic E-state index is 0.0433. The number of aromatic nitrogens is 1. The molecule has 0 saturated carbocycles. The van der Waals surface area contributed by atoms with Crippen molar-refractivity contribution in [3.8, 4) is 0 Å². The van der Waals surface area contributed by atoms with Gasteiger partial charge in [0, 0.05) is 36.6 Å². The molecule has 0 radical (unpaired) electrons. The Hall–Kier alpha value is -1.63. The van der Waals surface area contributed by atoms with E-state index in [1.54, 1.807) is 9.47 Å². The van der Waals surface area contributed by atoms with Crippen LogP contribution in [0.1, 0.15) is 30.3 Å². The van der Waals surface area contributed by atoms with Crippen molar-refractivity contribution in [2.75, 3.05) is 13.1 Å². The van der Waals surface area contributed by atoms with Gasteiger partial charge in [-0.25, -0.2) is 0 Å². The molecule has 1 aromatic heterocycles. The number of likely N-dealkylation sites (tertiary alicyclic amines) is 1. The summed E-state index contributed by atoms with van der Waals surface area (Å²) in [4.78, 5) is 37.9. The number of amides is 1. The Morgan fingerprint density at radius 2 is 2.00 bits per heavy atom. The van der Waals surface area contributed by atoms with Crippen LogP contribution in [0.4, 0.5) is 0 Å². The normalized spacial score (nSPS) is 21.9. The van der Waals surface area contributed by atoms with Crippen molar-refractivity contribution in [3.05, 3.63) is 20.2 Å². The Labute approximate surface area is 133 Å². The largest absolute Gasteiger partial charge is 0.481 e. The molecule has 0 spiro atoms. The number of carbonyl (C=O) groups is 2. The molecular weight excluding hydrogens is 304 g/mol. The van der Waals surface area contributed by atoms with Crippen molar-refractivity contribution in [1.29, 1.82) is 0 Å². The predicted octanol–water partition coefficient (Wildman–Crippen LogP) is 1.49. The number of hydrogen-bond acceptors (Lipinski definition) is 4. The molecule has 7 heteroatoms. The highest BCUT2D eigenvalue weighted by atomic mass is 32.1. The number of piperidine rings is 1. The molecule has 1 aliphatic heterocycles. The SMILES string of the molecule is Cc1sc(=O)n(CCC(=O)N2CC(C)CC(C(=O)O)C2)c1C. The Morgan fingerprint density at radius 3 is 2.55 bits per heavy atom. The van der Waals surface area contributed by atoms with Gasteiger partial charge in [0.05, 0.1) is 5.92 Å². The minimum Gasteiger partial charge on any atom is -0.481 e. The van der Waals surface area contributed by atoms with Crippen LogP contribution >= 0.6 is 11.3 Å². The van der Waals surface area contributed by atoms with Crippen molar-refractivity contribution in [2.45, 2.75) is 40.2 Å². The van der Waals surface area contributed by atoms with Gasteiger partial charge in [-0.2, -0.15) is 0 Å². The van der Waals surface area contributed by atoms with Crippen LogP contribution in [0.3, 0.4) is 0 Å². The van der Waals surface area contributed by atoms with Gasteiger partial charge in [-0.15, -0.1) is 0 Å². The molecule has 22 heavy (non-hydrogen) atoms. The molecule has 2 rings (SSSR count). The van der Waals surface area contributed by atoms with Crippen LogP contribution in [-0.2, 0) is 16.1 Å². The average Bonchev–Trinajstić information content (AvgIpc) is 2.69. The van der Waals surface area contributed by atoms with E-state index in [2.05, 4.69) is 0 Å². The smallest absolute Gasteiger partial charge is 0.308 e. The second-order valence-corrected chi connectivity index (χ2v) is 7.25. The first kappa shape index (κ1) is 16.7. The van der Waals surface area contributed by atoms with Gasteiger partial charge in [0.25, 0.3) is 0 Å². The van der Waals surface area contributed by atoms with Gasteiger partial charge in [0.15, 0.2) is 0 Å². The Balaban J connectivity index is 2.00. The third-order valence-corrected chi connectivity index (χ3v) is 5.28. The lowest BCUT2D eigenvalue weighted by Crippen LogP contribution is -2.45. The van der Waals surface area contributed by atoms with Crippen molar-refractivity contribution >= 4 is 23.2 Å². The zero-order chi connectivity index (χ0) is 16.4. The van der Waals surface area contributed by atoms with E-state index in [0.29, 0.717) is 19.5 Å². The van der Waals surface area contributed by atoms with Crippen LogP contribution < -0.4 is 4.87 Å². The Bertz CT molecular complexity index is 634. The third-order valence-electron chi connectivity index (χ3n) is 4.29. The fourth-order valence-corrected chi connectivity index (χ4v) is 3.80. The average molecular weight is 326 g/mol. The Morgan fingerprint density at radius 1 is 1.32 bits per heavy atom. The van der Waals surface area contributed by atoms with Crippen molar-refractivity contribution in [2.24, 2.45) is 11.8 Å². The molecule has 2 unspecified atom stereocenters. The van der Waals surface area contributed by atoms with Gasteiger partial charge < -0.3 is 14.6 Å². The lowest BCUT2D eigenvalue weighted by molar-refractivity contribution is -0.147. The van der Waals surface area contributed by atoms with Crippen LogP contribution in [0.2, 0.25) is 0 Å². The number of hydrogen-bond donors (Lipinski definition) is 1. The molecule has 1 amide bonds. The summed E-state index contributed by atoms with van der Waals surface area (Å²) in [6.07, 6.45) is 0.845. The number of carboxylic acid groups (broad SMARTS) is 1. The highest BCUT2D eigenvalue weighted by Crippen LogP contribution is 2.22. The van der Waals surface area contributed by atoms with E-state index < -0.39 is 11.9 Å². The predicted molar refractivity (Wildman–Crippen MR) is 84.2 cm³/mol. The van der Waals surface area contributed by atoms with Gasteiger partial charge in [0.2, 0.25) is 5.91 Å². The van der Waals surface area contributed by atoms with E-state index >= 15 is 0 Å². The molecule has 1 fully saturated rings. The molecular formula is C15H22N2O4S. The van der Waals surface area contributed by atoms with Crippen LogP contribution in [0.15, 0.2) is 4.79 Å². The molecule has 6 nitrogen and oxygen atoms in total. The van der Waals surface area contributed by atoms with Crippen LogP contribution in [0.25, 0.3) is 0 Å². The molecule has 1 aliphatic rings. The fraction of sp³-hybridized carbons (Fsp3) is 0.667. The topological polar surface area (TPSA) is 79.6 Å². The fourth-order valence-electron chi connectivity index (χ4n) is 2.95. The maximum Gasteiger partial charge on any atom is 0.308 e. The highest BCUT2D eigenvalue weighted by molar-refractivity contribution is 7.09. The van der Waals surface area contributed by atoms with Crippen LogP contribution in [-0.4, -0.2) is 39.5 Å². The number of carbonyl (C=O) groups excluding carboxylic acids is 1. The molecule has 2 atom stereocenters. The first-order chi connectivity index (χ1) is 10.3. The summed E-state index contributed by atoms with van der Waals surface area (Å²) in [7, 11) is 0. The third kappa shape index (κ3) is 3.58. The standard InChI is InChI=1S/C15H22N2O4S/c1-9-6-12(14(19)20)8-16(7-9)13(18)4-5-17-10(2)11(3)22-15(17)21/h9,12H,4-8H2,1-3H3,(H,19,20). The molecule has 2 heterocycles. The number of rotatable bonds is 4. The second kappa shape index (κ2) is 6.64. The maximum atomic E-state index is 12.3. The summed E-state index contributed by atoms with van der Waals surface area (Å²) in [5, 5.41) is 9.16. The lowest BCUT2D eigenvalue weighted by atomic mass is 9.90. The van der Waals surface area contributed by atoms with Gasteiger partial charge >= 0.3 is 10.8 Å². The van der Waals surface area contributed by atoms with E-state index in [4.69, 9.17) is 5.11 Å². The maximum absolute atomic E-state index is 12.3. The Kier molecular flexibility index (Phi) is 5.05. The summed E-state index contributed by atoms with van der Waals surface area (Å²) in [5.41, 5.74) is 0.901. The number of carboxylic acids is 1. The van der Waals surface area contributed by atoms with Gasteiger partial charge in [0.1, 0.15) is 0 Å². The summed E-state index contributed by atoms with van der Waals surface area (Å²) in [6, 6.07) is 0. The molecule has 0 aromatic carbocycles. The number of aliphatic carboxylic acids is 1. The highest BCUT2D eigenvalue weighted by Gasteiger charge is 2.31. The van der Waals surface area contributed by atoms with Crippen molar-refractivity contribution < 1.29 is 14.7 Å². The van der Waals surface area contributed by atoms with E-state index in [9.17, 15) is 14.4 Å². The lowest BCUT2D eigenvalue weighted by Gasteiger charge is -2.34. The first-order valence-electron chi connectivity index (χ1n) is 7.47. The van der Waals surface area contributed by atoms with Crippen LogP contribution in [0.5, 0.6) is 0 Å². The van der Waals surface area contributed by atoms with E-state index in [-0.39, 0.29) is 29.7 Å². The number of thiazole rings is 1. The zero-order valence-electron chi connectivity index (χ0n) is 13.2. The van der Waals surface area contributed by atoms with Crippen molar-refractivity contribution in [3.63, 3.8) is 0 Å². The van der Waals surface area contributed by atoms with Crippen LogP contribution in [0, 0.1) is 25.7 Å². The molecule has 0 bridgehead atoms. The van der Waals surface area contributed by atoms with Gasteiger partial charge in [-0.05, 0) is 26.2 Å². The van der Waals surface area contributed by atoms with Crippen molar-refractivity contribution in [1.82, 2.24) is 9.47 Å². The second-order valence-electron chi connectivity index (χ2n) is 6.09. The molecule has 1 saturated heterocycles. The van der Waals surface area contributed by atoms with E-state index in [0.717, 1.165) is 10.6 Å². The van der Waals surface area contributed by atoms with Gasteiger partial charge in [-0.3, -0.25) is 14.4 Å². The van der Waals surface area contributed by atoms with Gasteiger partial charge in [-0.1, -0.05) is 18.3 Å². The number of aryl methyl sites for hydroxylation is 1. The quantitative estimate of drug-likeness (QED) is 0.909. The first-order valence-corrected chi connectivity index (χ1v) is 8.28. The molecule has 1 N–H and O–H groups in total. The summed E-state index contributed by atoms with van der Waals surface area (Å²) >= 11 is 1.19. The summed E-state index contributed by atoms with van der Waals surface area (Å²) in [6.45, 7) is 6.96. The molecule has 1 aromatic rings. The minimum atomic E-state index is -0.843. The van der Waals surface area contributed by atoms with E-state index in [1.807, 2.05) is 20.8 Å². The molecule has 0 aliphatic carbocycles. The van der Waals surface area contributed by atoms with E-state index in [1.165, 1.54) is 11.3 Å². The molecule has 122 valence electrons.